The Labute approximate surface area is 241 Å². The van der Waals surface area contributed by atoms with Gasteiger partial charge in [0, 0.05) is 25.4 Å². The van der Waals surface area contributed by atoms with Gasteiger partial charge in [0.05, 0.1) is 30.2 Å². The summed E-state index contributed by atoms with van der Waals surface area (Å²) in [5.74, 6) is -0.797. The topological polar surface area (TPSA) is 122 Å². The van der Waals surface area contributed by atoms with E-state index in [0.717, 1.165) is 43.8 Å². The molecule has 0 bridgehead atoms. The Kier molecular flexibility index (Phi) is 10.7. The summed E-state index contributed by atoms with van der Waals surface area (Å²) in [6.45, 7) is 4.47. The monoisotopic (exact) mass is 582 g/mol. The number of hydrogen-bond donors (Lipinski definition) is 4. The lowest BCUT2D eigenvalue weighted by atomic mass is 10.0. The number of benzene rings is 2. The molecule has 42 heavy (non-hydrogen) atoms. The first-order chi connectivity index (χ1) is 20.2. The molecule has 4 rings (SSSR count). The van der Waals surface area contributed by atoms with Crippen LogP contribution in [0.5, 0.6) is 0 Å². The maximum Gasteiger partial charge on any atom is 0.417 e. The lowest BCUT2D eigenvalue weighted by Crippen LogP contribution is -2.39. The molecule has 1 aromatic heterocycles. The maximum atomic E-state index is 13.3. The Hall–Kier alpha value is -4.26. The van der Waals surface area contributed by atoms with Gasteiger partial charge in [-0.3, -0.25) is 14.5 Å². The lowest BCUT2D eigenvalue weighted by Gasteiger charge is -2.27. The van der Waals surface area contributed by atoms with Crippen molar-refractivity contribution in [3.63, 3.8) is 0 Å². The number of pyridine rings is 1. The van der Waals surface area contributed by atoms with Crippen molar-refractivity contribution in [3.8, 4) is 0 Å². The number of alkyl halides is 3. The van der Waals surface area contributed by atoms with Gasteiger partial charge in [0.25, 0.3) is 0 Å². The van der Waals surface area contributed by atoms with Gasteiger partial charge in [-0.1, -0.05) is 36.4 Å². The Morgan fingerprint density at radius 3 is 2.43 bits per heavy atom. The third kappa shape index (κ3) is 9.13. The van der Waals surface area contributed by atoms with Gasteiger partial charge in [0.1, 0.15) is 11.9 Å². The first kappa shape index (κ1) is 30.7. The van der Waals surface area contributed by atoms with E-state index in [1.807, 2.05) is 0 Å². The number of anilines is 3. The van der Waals surface area contributed by atoms with E-state index in [-0.39, 0.29) is 11.7 Å². The predicted molar refractivity (Wildman–Crippen MR) is 155 cm³/mol. The van der Waals surface area contributed by atoms with E-state index in [2.05, 4.69) is 25.8 Å². The summed E-state index contributed by atoms with van der Waals surface area (Å²) in [4.78, 5) is 31.6. The van der Waals surface area contributed by atoms with E-state index in [1.165, 1.54) is 6.08 Å². The fourth-order valence-electron chi connectivity index (χ4n) is 4.33. The van der Waals surface area contributed by atoms with Crippen molar-refractivity contribution in [2.45, 2.75) is 18.6 Å². The summed E-state index contributed by atoms with van der Waals surface area (Å²) in [7, 11) is 0. The molecule has 2 aromatic carbocycles. The van der Waals surface area contributed by atoms with Crippen LogP contribution >= 0.6 is 0 Å². The van der Waals surface area contributed by atoms with Gasteiger partial charge in [0.2, 0.25) is 11.8 Å². The molecule has 0 spiro atoms. The van der Waals surface area contributed by atoms with E-state index in [1.54, 1.807) is 54.6 Å². The van der Waals surface area contributed by atoms with Crippen LogP contribution in [0.4, 0.5) is 30.4 Å². The molecule has 222 valence electrons. The highest BCUT2D eigenvalue weighted by Gasteiger charge is 2.31. The van der Waals surface area contributed by atoms with Crippen molar-refractivity contribution in [2.75, 3.05) is 55.8 Å². The van der Waals surface area contributed by atoms with E-state index >= 15 is 0 Å². The van der Waals surface area contributed by atoms with Crippen molar-refractivity contribution in [2.24, 2.45) is 0 Å². The number of carbonyl (C=O) groups is 2. The molecule has 1 unspecified atom stereocenters. The third-order valence-corrected chi connectivity index (χ3v) is 6.62. The molecule has 2 heterocycles. The van der Waals surface area contributed by atoms with Gasteiger partial charge in [-0.25, -0.2) is 4.98 Å². The number of rotatable bonds is 11. The van der Waals surface area contributed by atoms with Crippen LogP contribution in [0.1, 0.15) is 29.2 Å². The smallest absolute Gasteiger partial charge is 0.397 e. The zero-order chi connectivity index (χ0) is 30.0. The lowest BCUT2D eigenvalue weighted by molar-refractivity contribution is -0.137. The van der Waals surface area contributed by atoms with Crippen molar-refractivity contribution in [1.29, 1.82) is 0 Å². The van der Waals surface area contributed by atoms with Gasteiger partial charge in [0.15, 0.2) is 0 Å². The maximum absolute atomic E-state index is 13.3. The van der Waals surface area contributed by atoms with Crippen molar-refractivity contribution in [1.82, 2.24) is 15.2 Å². The van der Waals surface area contributed by atoms with Crippen LogP contribution in [0.3, 0.4) is 0 Å². The van der Waals surface area contributed by atoms with E-state index in [4.69, 9.17) is 10.5 Å². The van der Waals surface area contributed by atoms with Gasteiger partial charge in [-0.05, 0) is 61.0 Å². The number of nitrogens with zero attached hydrogens (tertiary/aromatic N) is 2. The Bertz CT molecular complexity index is 1360. The average Bonchev–Trinajstić information content (AvgIpc) is 2.98. The van der Waals surface area contributed by atoms with Crippen LogP contribution in [0.2, 0.25) is 0 Å². The predicted octanol–water partition coefficient (Wildman–Crippen LogP) is 4.33. The highest BCUT2D eigenvalue weighted by atomic mass is 19.4. The first-order valence-electron chi connectivity index (χ1n) is 13.5. The molecule has 1 atom stereocenters. The number of aromatic nitrogens is 1. The molecule has 1 fully saturated rings. The normalized spacial score (nSPS) is 14.9. The summed E-state index contributed by atoms with van der Waals surface area (Å²) in [6.07, 6.45) is -0.0408. The molecule has 5 N–H and O–H groups in total. The number of nitrogens with two attached hydrogens (primary N) is 1. The third-order valence-electron chi connectivity index (χ3n) is 6.62. The minimum absolute atomic E-state index is 0.0118. The highest BCUT2D eigenvalue weighted by molar-refractivity contribution is 6.03. The first-order valence-corrected chi connectivity index (χ1v) is 13.5. The van der Waals surface area contributed by atoms with Gasteiger partial charge in [-0.15, -0.1) is 0 Å². The van der Waals surface area contributed by atoms with Crippen LogP contribution in [0.15, 0.2) is 72.9 Å². The number of amides is 2. The van der Waals surface area contributed by atoms with Crippen LogP contribution in [-0.4, -0.2) is 61.1 Å². The fourth-order valence-corrected chi connectivity index (χ4v) is 4.33. The molecular formula is C30H33F3N6O3. The van der Waals surface area contributed by atoms with Crippen LogP contribution in [0.25, 0.3) is 6.08 Å². The molecule has 0 saturated carbocycles. The zero-order valence-corrected chi connectivity index (χ0v) is 22.9. The number of carbonyl (C=O) groups excluding carboxylic acids is 2. The molecule has 9 nitrogen and oxygen atoms in total. The number of halogens is 3. The van der Waals surface area contributed by atoms with E-state index in [0.29, 0.717) is 42.9 Å². The zero-order valence-electron chi connectivity index (χ0n) is 22.9. The van der Waals surface area contributed by atoms with Gasteiger partial charge >= 0.3 is 6.18 Å². The highest BCUT2D eigenvalue weighted by Crippen LogP contribution is 2.29. The molecule has 1 saturated heterocycles. The number of morpholine rings is 1. The molecule has 3 aromatic rings. The molecule has 12 heteroatoms. The Balaban J connectivity index is 1.41. The standard InChI is InChI=1S/C30H33F3N6O3/c31-30(32,33)23-11-12-26(36-20-23)38-29(41)28(35-14-3-15-39-16-18-42-19-17-39)22-9-6-21(7-10-22)8-13-27(40)37-25-5-2-1-4-24(25)34/h1-2,4-13,20,28,35H,3,14-19,34H2,(H,37,40)(H,36,38,41). The van der Waals surface area contributed by atoms with Gasteiger partial charge in [-0.2, -0.15) is 13.2 Å². The molecular weight excluding hydrogens is 549 g/mol. The summed E-state index contributed by atoms with van der Waals surface area (Å²) in [6, 6.07) is 15.2. The largest absolute Gasteiger partial charge is 0.417 e. The number of nitrogen functional groups attached to an aromatic ring is 1. The second kappa shape index (κ2) is 14.6. The summed E-state index contributed by atoms with van der Waals surface area (Å²) >= 11 is 0. The number of para-hydroxylation sites is 2. The molecule has 0 aliphatic carbocycles. The van der Waals surface area contributed by atoms with Crippen LogP contribution in [-0.2, 0) is 20.5 Å². The second-order valence-corrected chi connectivity index (χ2v) is 9.69. The fraction of sp³-hybridized carbons (Fsp3) is 0.300. The Morgan fingerprint density at radius 1 is 1.02 bits per heavy atom. The van der Waals surface area contributed by atoms with Crippen molar-refractivity contribution < 1.29 is 27.5 Å². The molecule has 1 aliphatic rings. The summed E-state index contributed by atoms with van der Waals surface area (Å²) in [5, 5.41) is 8.59. The van der Waals surface area contributed by atoms with Crippen LogP contribution < -0.4 is 21.7 Å². The molecule has 2 amide bonds. The number of hydrogen-bond acceptors (Lipinski definition) is 7. The minimum atomic E-state index is -4.52. The quantitative estimate of drug-likeness (QED) is 0.151. The summed E-state index contributed by atoms with van der Waals surface area (Å²) in [5.41, 5.74) is 7.30. The second-order valence-electron chi connectivity index (χ2n) is 9.69. The number of ether oxygens (including phenoxy) is 1. The van der Waals surface area contributed by atoms with Gasteiger partial charge < -0.3 is 26.4 Å². The Morgan fingerprint density at radius 2 is 1.76 bits per heavy atom. The van der Waals surface area contributed by atoms with Crippen LogP contribution in [0, 0.1) is 0 Å². The number of nitrogens with one attached hydrogen (secondary N) is 3. The average molecular weight is 583 g/mol. The molecule has 1 aliphatic heterocycles. The minimum Gasteiger partial charge on any atom is -0.397 e. The molecule has 0 radical (unpaired) electrons. The van der Waals surface area contributed by atoms with E-state index < -0.39 is 23.7 Å². The van der Waals surface area contributed by atoms with E-state index in [9.17, 15) is 22.8 Å². The summed E-state index contributed by atoms with van der Waals surface area (Å²) < 4.78 is 44.1. The van der Waals surface area contributed by atoms with Crippen molar-refractivity contribution >= 4 is 35.1 Å². The SMILES string of the molecule is Nc1ccccc1NC(=O)C=Cc1ccc(C(NCCCN2CCOCC2)C(=O)Nc2ccc(C(F)(F)F)cn2)cc1. The van der Waals surface area contributed by atoms with Crippen molar-refractivity contribution in [3.05, 3.63) is 89.6 Å².